The molecule has 2 saturated heterocycles. The highest BCUT2D eigenvalue weighted by Crippen LogP contribution is 2.48. The van der Waals surface area contributed by atoms with Crippen LogP contribution in [0.5, 0.6) is 11.8 Å². The monoisotopic (exact) mass is 649 g/mol. The molecule has 0 radical (unpaired) electrons. The number of hydrogen-bond acceptors (Lipinski definition) is 8. The van der Waals surface area contributed by atoms with Gasteiger partial charge in [-0.25, -0.2) is 17.6 Å². The quantitative estimate of drug-likeness (QED) is 0.197. The molecule has 246 valence electrons. The van der Waals surface area contributed by atoms with Crippen molar-refractivity contribution in [2.45, 2.75) is 50.5 Å². The lowest BCUT2D eigenvalue weighted by Gasteiger charge is -2.44. The van der Waals surface area contributed by atoms with E-state index in [1.54, 1.807) is 0 Å². The Bertz CT molecular complexity index is 1920. The minimum atomic E-state index is -3.13. The van der Waals surface area contributed by atoms with Crippen LogP contribution in [-0.4, -0.2) is 81.9 Å². The van der Waals surface area contributed by atoms with Crippen molar-refractivity contribution < 1.29 is 32.5 Å². The fourth-order valence-corrected chi connectivity index (χ4v) is 8.14. The van der Waals surface area contributed by atoms with E-state index >= 15 is 4.39 Å². The molecule has 0 bridgehead atoms. The van der Waals surface area contributed by atoms with Gasteiger partial charge < -0.3 is 24.7 Å². The lowest BCUT2D eigenvalue weighted by atomic mass is 9.76. The first-order valence-electron chi connectivity index (χ1n) is 15.9. The molecule has 2 N–H and O–H groups in total. The van der Waals surface area contributed by atoms with Gasteiger partial charge in [0, 0.05) is 54.1 Å². The zero-order valence-corrected chi connectivity index (χ0v) is 25.9. The third kappa shape index (κ3) is 5.49. The summed E-state index contributed by atoms with van der Waals surface area (Å²) < 4.78 is 67.7. The maximum absolute atomic E-state index is 16.8. The number of likely N-dealkylation sites (tertiary alicyclic amines) is 1. The van der Waals surface area contributed by atoms with Crippen molar-refractivity contribution in [3.8, 4) is 35.4 Å². The summed E-state index contributed by atoms with van der Waals surface area (Å²) >= 11 is 0. The van der Waals surface area contributed by atoms with E-state index in [1.165, 1.54) is 35.4 Å². The van der Waals surface area contributed by atoms with Crippen LogP contribution >= 0.6 is 0 Å². The molecule has 4 aromatic rings. The van der Waals surface area contributed by atoms with Gasteiger partial charge >= 0.3 is 6.01 Å². The molecule has 8 nitrogen and oxygen atoms in total. The first kappa shape index (κ1) is 31.4. The number of ether oxygens (including phenoxy) is 1. The molecule has 3 atom stereocenters. The molecular formula is C35H35F4N5O3. The van der Waals surface area contributed by atoms with Crippen molar-refractivity contribution in [2.75, 3.05) is 44.8 Å². The number of anilines is 1. The lowest BCUT2D eigenvalue weighted by Crippen LogP contribution is -2.50. The first-order chi connectivity index (χ1) is 22.5. The third-order valence-electron chi connectivity index (χ3n) is 10.2. The maximum atomic E-state index is 16.8. The first-order valence-corrected chi connectivity index (χ1v) is 15.9. The summed E-state index contributed by atoms with van der Waals surface area (Å²) in [5.74, 6) is -3.39. The average Bonchev–Trinajstić information content (AvgIpc) is 3.48. The molecule has 0 amide bonds. The van der Waals surface area contributed by atoms with Gasteiger partial charge in [-0.1, -0.05) is 18.4 Å². The van der Waals surface area contributed by atoms with E-state index in [0.717, 1.165) is 38.6 Å². The summed E-state index contributed by atoms with van der Waals surface area (Å²) in [5, 5.41) is 20.9. The maximum Gasteiger partial charge on any atom is 0.319 e. The number of benzene rings is 2. The van der Waals surface area contributed by atoms with Gasteiger partial charge in [-0.3, -0.25) is 4.98 Å². The Kier molecular flexibility index (Phi) is 7.88. The van der Waals surface area contributed by atoms with Crippen LogP contribution in [0.4, 0.5) is 23.4 Å². The largest absolute Gasteiger partial charge is 0.508 e. The number of rotatable bonds is 6. The van der Waals surface area contributed by atoms with Crippen molar-refractivity contribution >= 4 is 27.5 Å². The highest BCUT2D eigenvalue weighted by Gasteiger charge is 2.47. The van der Waals surface area contributed by atoms with Gasteiger partial charge in [0.15, 0.2) is 5.82 Å². The topological polar surface area (TPSA) is 94.8 Å². The number of terminal acetylenes is 1. The fourth-order valence-electron chi connectivity index (χ4n) is 8.14. The number of nitrogens with zero attached hydrogens (tertiary/aromatic N) is 5. The van der Waals surface area contributed by atoms with Gasteiger partial charge in [-0.15, -0.1) is 6.42 Å². The van der Waals surface area contributed by atoms with Crippen LogP contribution in [0.25, 0.3) is 32.9 Å². The predicted octanol–water partition coefficient (Wildman–Crippen LogP) is 5.91. The normalized spacial score (nSPS) is 24.4. The number of aromatic nitrogens is 3. The molecule has 2 aromatic heterocycles. The summed E-state index contributed by atoms with van der Waals surface area (Å²) in [6.07, 6.45) is 11.5. The van der Waals surface area contributed by atoms with Gasteiger partial charge in [0.05, 0.1) is 24.1 Å². The van der Waals surface area contributed by atoms with Crippen LogP contribution in [-0.2, 0) is 0 Å². The summed E-state index contributed by atoms with van der Waals surface area (Å²) in [5.41, 5.74) is -0.724. The molecule has 3 unspecified atom stereocenters. The Hall–Kier alpha value is -4.21. The van der Waals surface area contributed by atoms with E-state index in [2.05, 4.69) is 32.8 Å². The molecule has 47 heavy (non-hydrogen) atoms. The van der Waals surface area contributed by atoms with Gasteiger partial charge in [0.2, 0.25) is 0 Å². The number of hydrogen-bond donors (Lipinski definition) is 2. The predicted molar refractivity (Wildman–Crippen MR) is 170 cm³/mol. The minimum absolute atomic E-state index is 0.0122. The molecule has 3 aliphatic rings. The Morgan fingerprint density at radius 2 is 1.96 bits per heavy atom. The number of halogens is 4. The molecule has 1 aliphatic carbocycles. The van der Waals surface area contributed by atoms with E-state index in [-0.39, 0.29) is 69.3 Å². The fraction of sp³-hybridized carbons (Fsp3) is 0.457. The zero-order chi connectivity index (χ0) is 33.1. The summed E-state index contributed by atoms with van der Waals surface area (Å²) in [6.45, 7) is 0.181. The number of aromatic hydroxyl groups is 1. The highest BCUT2D eigenvalue weighted by molar-refractivity contribution is 6.03. The van der Waals surface area contributed by atoms with Crippen LogP contribution in [0, 0.1) is 35.3 Å². The Balaban J connectivity index is 1.39. The number of piperidine rings is 2. The number of aliphatic hydroxyl groups is 1. The summed E-state index contributed by atoms with van der Waals surface area (Å²) in [4.78, 5) is 17.0. The molecule has 7 rings (SSSR count). The molecule has 2 aliphatic heterocycles. The minimum Gasteiger partial charge on any atom is -0.508 e. The molecular weight excluding hydrogens is 614 g/mol. The zero-order valence-electron chi connectivity index (χ0n) is 25.9. The summed E-state index contributed by atoms with van der Waals surface area (Å²) in [7, 11) is 2.11. The smallest absolute Gasteiger partial charge is 0.319 e. The van der Waals surface area contributed by atoms with Crippen LogP contribution in [0.1, 0.15) is 44.1 Å². The summed E-state index contributed by atoms with van der Waals surface area (Å²) in [6, 6.07) is 5.38. The third-order valence-corrected chi connectivity index (χ3v) is 10.2. The molecule has 4 heterocycles. The molecule has 0 spiro atoms. The SMILES string of the molecule is C#Cc1c(F)ccc2cc(O)cc(-c3ncc4c(N5CC(CO)CC(F)(F)C5)nc(OCC56CCCC5N(C)CCC6)nc4c3F)c12. The molecule has 2 aromatic carbocycles. The van der Waals surface area contributed by atoms with E-state index in [9.17, 15) is 23.4 Å². The number of phenols is 1. The second-order valence-corrected chi connectivity index (χ2v) is 13.3. The molecule has 1 saturated carbocycles. The second kappa shape index (κ2) is 11.8. The molecule has 3 fully saturated rings. The second-order valence-electron chi connectivity index (χ2n) is 13.3. The Morgan fingerprint density at radius 3 is 2.74 bits per heavy atom. The van der Waals surface area contributed by atoms with Crippen LogP contribution in [0.15, 0.2) is 30.5 Å². The lowest BCUT2D eigenvalue weighted by molar-refractivity contribution is -0.0375. The van der Waals surface area contributed by atoms with Crippen molar-refractivity contribution in [1.29, 1.82) is 0 Å². The number of aliphatic hydroxyl groups excluding tert-OH is 1. The van der Waals surface area contributed by atoms with Crippen molar-refractivity contribution in [3.05, 3.63) is 47.7 Å². The Labute approximate surface area is 269 Å². The average molecular weight is 650 g/mol. The standard InChI is InChI=1S/C35H35F4N5O3/c1-3-23-26(36)8-7-21-12-22(46)13-24(28(21)23)30-29(37)31-25(15-40-30)32(44-16-20(17-45)14-35(38,39)18-44)42-33(41-31)47-19-34-9-4-6-27(34)43(2)11-5-10-34/h1,7-8,12-13,15,20,27,45-46H,4-6,9-11,14,16-19H2,2H3. The number of phenolic OH excluding ortho intramolecular Hbond substituents is 1. The van der Waals surface area contributed by atoms with E-state index in [1.807, 2.05) is 0 Å². The highest BCUT2D eigenvalue weighted by atomic mass is 19.3. The van der Waals surface area contributed by atoms with Crippen LogP contribution < -0.4 is 9.64 Å². The van der Waals surface area contributed by atoms with Crippen LogP contribution in [0.3, 0.4) is 0 Å². The van der Waals surface area contributed by atoms with Crippen molar-refractivity contribution in [2.24, 2.45) is 11.3 Å². The Morgan fingerprint density at radius 1 is 1.15 bits per heavy atom. The van der Waals surface area contributed by atoms with Gasteiger partial charge in [-0.2, -0.15) is 9.97 Å². The van der Waals surface area contributed by atoms with E-state index in [0.29, 0.717) is 11.4 Å². The van der Waals surface area contributed by atoms with Crippen LogP contribution in [0.2, 0.25) is 0 Å². The van der Waals surface area contributed by atoms with E-state index < -0.39 is 43.0 Å². The van der Waals surface area contributed by atoms with Gasteiger partial charge in [0.25, 0.3) is 5.92 Å². The van der Waals surface area contributed by atoms with E-state index in [4.69, 9.17) is 11.2 Å². The van der Waals surface area contributed by atoms with Crippen molar-refractivity contribution in [3.63, 3.8) is 0 Å². The number of fused-ring (bicyclic) bond motifs is 3. The number of alkyl halides is 2. The number of pyridine rings is 1. The van der Waals surface area contributed by atoms with Gasteiger partial charge in [0.1, 0.15) is 28.6 Å². The molecule has 12 heteroatoms. The van der Waals surface area contributed by atoms with Crippen molar-refractivity contribution in [1.82, 2.24) is 19.9 Å². The van der Waals surface area contributed by atoms with Gasteiger partial charge in [-0.05, 0) is 62.9 Å².